The molecule has 1 saturated carbocycles. The maximum Gasteiger partial charge on any atom is 0.305 e. The highest BCUT2D eigenvalue weighted by Crippen LogP contribution is 2.32. The van der Waals surface area contributed by atoms with Crippen molar-refractivity contribution in [1.29, 1.82) is 0 Å². The van der Waals surface area contributed by atoms with E-state index < -0.39 is 6.04 Å². The normalized spacial score (nSPS) is 21.0. The lowest BCUT2D eigenvalue weighted by Crippen LogP contribution is -2.47. The number of amides is 2. The molecule has 1 saturated heterocycles. The first-order valence-electron chi connectivity index (χ1n) is 7.94. The molecule has 24 heavy (non-hydrogen) atoms. The summed E-state index contributed by atoms with van der Waals surface area (Å²) >= 11 is 2.73. The number of anilines is 1. The van der Waals surface area contributed by atoms with E-state index in [0.29, 0.717) is 17.3 Å². The molecule has 126 valence electrons. The van der Waals surface area contributed by atoms with Gasteiger partial charge in [0.15, 0.2) is 0 Å². The van der Waals surface area contributed by atoms with Gasteiger partial charge in [0.25, 0.3) is 0 Å². The van der Waals surface area contributed by atoms with Crippen LogP contribution < -0.4 is 10.2 Å². The van der Waals surface area contributed by atoms with E-state index in [1.54, 1.807) is 34.9 Å². The minimum Gasteiger partial charge on any atom is -0.324 e. The summed E-state index contributed by atoms with van der Waals surface area (Å²) in [6.45, 7) is 0. The van der Waals surface area contributed by atoms with Gasteiger partial charge in [0.05, 0.1) is 16.1 Å². The summed E-state index contributed by atoms with van der Waals surface area (Å²) < 4.78 is 0.806. The second-order valence-electron chi connectivity index (χ2n) is 6.17. The molecule has 6 nitrogen and oxygen atoms in total. The second kappa shape index (κ2) is 6.25. The standard InChI is InChI=1S/C16H17N3O3S2/c20-14(12-7-23-8-19(12)15(21)9-2-1-3-9)17-10-4-5-11-13(6-10)24-16(22)18-11/h4-6,9,12H,1-3,7-8H2,(H,17,20)(H,18,22)/t12-/m0/s1. The molecule has 2 aromatic rings. The van der Waals surface area contributed by atoms with Gasteiger partial charge in [-0.2, -0.15) is 0 Å². The number of thioether (sulfide) groups is 1. The SMILES string of the molecule is O=C(Nc1ccc2[nH]c(=O)sc2c1)[C@@H]1CSCN1C(=O)C1CCC1. The predicted molar refractivity (Wildman–Crippen MR) is 96.4 cm³/mol. The number of hydrogen-bond donors (Lipinski definition) is 2. The first kappa shape index (κ1) is 15.7. The van der Waals surface area contributed by atoms with Gasteiger partial charge >= 0.3 is 4.87 Å². The summed E-state index contributed by atoms with van der Waals surface area (Å²) in [7, 11) is 0. The molecular formula is C16H17N3O3S2. The minimum atomic E-state index is -0.413. The van der Waals surface area contributed by atoms with Crippen LogP contribution in [0.1, 0.15) is 19.3 Å². The van der Waals surface area contributed by atoms with E-state index in [1.165, 1.54) is 0 Å². The number of nitrogens with one attached hydrogen (secondary N) is 2. The quantitative estimate of drug-likeness (QED) is 0.876. The predicted octanol–water partition coefficient (Wildman–Crippen LogP) is 2.23. The molecule has 1 aromatic heterocycles. The molecule has 1 atom stereocenters. The Morgan fingerprint density at radius 1 is 1.29 bits per heavy atom. The number of carbonyl (C=O) groups is 2. The van der Waals surface area contributed by atoms with Crippen molar-refractivity contribution in [3.63, 3.8) is 0 Å². The van der Waals surface area contributed by atoms with Crippen LogP contribution in [0.15, 0.2) is 23.0 Å². The highest BCUT2D eigenvalue weighted by Gasteiger charge is 2.39. The van der Waals surface area contributed by atoms with E-state index in [4.69, 9.17) is 0 Å². The summed E-state index contributed by atoms with van der Waals surface area (Å²) in [6.07, 6.45) is 2.99. The summed E-state index contributed by atoms with van der Waals surface area (Å²) in [5.41, 5.74) is 1.41. The van der Waals surface area contributed by atoms with Crippen molar-refractivity contribution in [2.45, 2.75) is 25.3 Å². The lowest BCUT2D eigenvalue weighted by Gasteiger charge is -2.31. The Morgan fingerprint density at radius 3 is 2.88 bits per heavy atom. The first-order chi connectivity index (χ1) is 11.6. The van der Waals surface area contributed by atoms with Crippen LogP contribution >= 0.6 is 23.1 Å². The van der Waals surface area contributed by atoms with E-state index in [2.05, 4.69) is 10.3 Å². The molecule has 1 aromatic carbocycles. The van der Waals surface area contributed by atoms with Crippen LogP contribution in [0, 0.1) is 5.92 Å². The Bertz CT molecular complexity index is 856. The highest BCUT2D eigenvalue weighted by atomic mass is 32.2. The van der Waals surface area contributed by atoms with Gasteiger partial charge < -0.3 is 15.2 Å². The second-order valence-corrected chi connectivity index (χ2v) is 8.18. The molecule has 0 unspecified atom stereocenters. The van der Waals surface area contributed by atoms with Crippen molar-refractivity contribution in [3.05, 3.63) is 27.9 Å². The average molecular weight is 363 g/mol. The zero-order valence-corrected chi connectivity index (χ0v) is 14.5. The van der Waals surface area contributed by atoms with Gasteiger partial charge in [0.2, 0.25) is 11.8 Å². The topological polar surface area (TPSA) is 82.3 Å². The Kier molecular flexibility index (Phi) is 4.09. The van der Waals surface area contributed by atoms with Crippen LogP contribution in [-0.4, -0.2) is 39.4 Å². The number of aromatic amines is 1. The fourth-order valence-corrected chi connectivity index (χ4v) is 4.95. The lowest BCUT2D eigenvalue weighted by atomic mass is 9.84. The van der Waals surface area contributed by atoms with Gasteiger partial charge in [-0.3, -0.25) is 14.4 Å². The number of carbonyl (C=O) groups excluding carboxylic acids is 2. The summed E-state index contributed by atoms with van der Waals surface area (Å²) in [5, 5.41) is 2.89. The van der Waals surface area contributed by atoms with Gasteiger partial charge in [0.1, 0.15) is 6.04 Å². The first-order valence-corrected chi connectivity index (χ1v) is 9.91. The number of fused-ring (bicyclic) bond motifs is 1. The van der Waals surface area contributed by atoms with E-state index >= 15 is 0 Å². The molecule has 2 N–H and O–H groups in total. The number of rotatable bonds is 3. The molecule has 0 spiro atoms. The Balaban J connectivity index is 1.49. The van der Waals surface area contributed by atoms with E-state index in [9.17, 15) is 14.4 Å². The maximum atomic E-state index is 12.6. The monoisotopic (exact) mass is 363 g/mol. The van der Waals surface area contributed by atoms with Crippen LogP contribution in [0.2, 0.25) is 0 Å². The smallest absolute Gasteiger partial charge is 0.305 e. The zero-order chi connectivity index (χ0) is 16.7. The van der Waals surface area contributed by atoms with Crippen LogP contribution in [0.25, 0.3) is 10.2 Å². The van der Waals surface area contributed by atoms with Crippen LogP contribution in [0.3, 0.4) is 0 Å². The number of H-pyrrole nitrogens is 1. The van der Waals surface area contributed by atoms with Crippen molar-refractivity contribution < 1.29 is 9.59 Å². The third-order valence-electron chi connectivity index (χ3n) is 4.61. The van der Waals surface area contributed by atoms with Crippen LogP contribution in [-0.2, 0) is 9.59 Å². The largest absolute Gasteiger partial charge is 0.324 e. The van der Waals surface area contributed by atoms with Crippen LogP contribution in [0.4, 0.5) is 5.69 Å². The Hall–Kier alpha value is -1.80. The lowest BCUT2D eigenvalue weighted by molar-refractivity contribution is -0.141. The summed E-state index contributed by atoms with van der Waals surface area (Å²) in [5.74, 6) is 1.28. The van der Waals surface area contributed by atoms with Gasteiger partial charge in [0, 0.05) is 17.4 Å². The van der Waals surface area contributed by atoms with Gasteiger partial charge in [-0.05, 0) is 31.0 Å². The van der Waals surface area contributed by atoms with Crippen molar-refractivity contribution in [2.75, 3.05) is 16.9 Å². The van der Waals surface area contributed by atoms with Crippen molar-refractivity contribution in [2.24, 2.45) is 5.92 Å². The summed E-state index contributed by atoms with van der Waals surface area (Å²) in [6, 6.07) is 4.92. The molecular weight excluding hydrogens is 346 g/mol. The fraction of sp³-hybridized carbons (Fsp3) is 0.438. The maximum absolute atomic E-state index is 12.6. The Labute approximate surface area is 146 Å². The fourth-order valence-electron chi connectivity index (χ4n) is 3.02. The summed E-state index contributed by atoms with van der Waals surface area (Å²) in [4.78, 5) is 40.8. The third kappa shape index (κ3) is 2.84. The molecule has 1 aliphatic carbocycles. The molecule has 1 aliphatic heterocycles. The molecule has 0 bridgehead atoms. The number of aromatic nitrogens is 1. The number of thiazole rings is 1. The van der Waals surface area contributed by atoms with Crippen molar-refractivity contribution >= 4 is 50.8 Å². The van der Waals surface area contributed by atoms with E-state index in [0.717, 1.165) is 40.8 Å². The van der Waals surface area contributed by atoms with Gasteiger partial charge in [-0.15, -0.1) is 11.8 Å². The molecule has 2 aliphatic rings. The third-order valence-corrected chi connectivity index (χ3v) is 6.47. The molecule has 2 fully saturated rings. The zero-order valence-electron chi connectivity index (χ0n) is 12.9. The molecule has 2 heterocycles. The van der Waals surface area contributed by atoms with E-state index in [1.807, 2.05) is 0 Å². The average Bonchev–Trinajstić information content (AvgIpc) is 3.10. The van der Waals surface area contributed by atoms with Crippen molar-refractivity contribution in [3.8, 4) is 0 Å². The van der Waals surface area contributed by atoms with Gasteiger partial charge in [-0.25, -0.2) is 0 Å². The molecule has 2 amide bonds. The highest BCUT2D eigenvalue weighted by molar-refractivity contribution is 7.99. The number of benzene rings is 1. The van der Waals surface area contributed by atoms with Crippen molar-refractivity contribution in [1.82, 2.24) is 9.88 Å². The number of nitrogens with zero attached hydrogens (tertiary/aromatic N) is 1. The minimum absolute atomic E-state index is 0.104. The van der Waals surface area contributed by atoms with E-state index in [-0.39, 0.29) is 22.6 Å². The molecule has 8 heteroatoms. The van der Waals surface area contributed by atoms with Gasteiger partial charge in [-0.1, -0.05) is 17.8 Å². The van der Waals surface area contributed by atoms with Crippen LogP contribution in [0.5, 0.6) is 0 Å². The number of hydrogen-bond acceptors (Lipinski definition) is 5. The molecule has 4 rings (SSSR count). The molecule has 0 radical (unpaired) electrons. The Morgan fingerprint density at radius 2 is 2.12 bits per heavy atom.